The van der Waals surface area contributed by atoms with Crippen LogP contribution < -0.4 is 11.1 Å². The topological polar surface area (TPSA) is 91.2 Å². The molecular formula is C22H18N4O3. The van der Waals surface area contributed by atoms with E-state index >= 15 is 0 Å². The lowest BCUT2D eigenvalue weighted by molar-refractivity contribution is 0.0723. The lowest BCUT2D eigenvalue weighted by atomic mass is 10.0. The smallest absolute Gasteiger partial charge is 0.408 e. The number of nitrogens with one attached hydrogen (secondary N) is 2. The van der Waals surface area contributed by atoms with Crippen LogP contribution >= 0.6 is 0 Å². The summed E-state index contributed by atoms with van der Waals surface area (Å²) in [5, 5.41) is 3.28. The highest BCUT2D eigenvalue weighted by Crippen LogP contribution is 2.36. The fourth-order valence-electron chi connectivity index (χ4n) is 3.78. The molecule has 1 amide bonds. The molecule has 3 heterocycles. The maximum atomic E-state index is 13.1. The third-order valence-corrected chi connectivity index (χ3v) is 5.25. The molecule has 0 spiro atoms. The summed E-state index contributed by atoms with van der Waals surface area (Å²) in [5.41, 5.74) is 5.45. The van der Waals surface area contributed by atoms with Crippen LogP contribution in [0, 0.1) is 0 Å². The van der Waals surface area contributed by atoms with Gasteiger partial charge in [0.1, 0.15) is 0 Å². The maximum absolute atomic E-state index is 13.1. The molecule has 144 valence electrons. The van der Waals surface area contributed by atoms with Crippen LogP contribution in [0.2, 0.25) is 0 Å². The number of hydrogen-bond acceptors (Lipinski definition) is 5. The summed E-state index contributed by atoms with van der Waals surface area (Å²) in [4.78, 5) is 33.0. The summed E-state index contributed by atoms with van der Waals surface area (Å²) >= 11 is 0. The van der Waals surface area contributed by atoms with E-state index in [0.717, 1.165) is 22.5 Å². The van der Waals surface area contributed by atoms with Crippen LogP contribution in [-0.2, 0) is 6.54 Å². The van der Waals surface area contributed by atoms with Crippen LogP contribution in [0.3, 0.4) is 0 Å². The van der Waals surface area contributed by atoms with Crippen molar-refractivity contribution in [2.24, 2.45) is 0 Å². The molecule has 0 aliphatic carbocycles. The van der Waals surface area contributed by atoms with Crippen LogP contribution in [0.5, 0.6) is 0 Å². The summed E-state index contributed by atoms with van der Waals surface area (Å²) in [6.07, 6.45) is 3.45. The van der Waals surface area contributed by atoms with E-state index in [-0.39, 0.29) is 11.9 Å². The minimum Gasteiger partial charge on any atom is -0.408 e. The molecule has 0 bridgehead atoms. The quantitative estimate of drug-likeness (QED) is 0.554. The first kappa shape index (κ1) is 17.2. The second kappa shape index (κ2) is 6.63. The molecule has 1 atom stereocenters. The van der Waals surface area contributed by atoms with Gasteiger partial charge < -0.3 is 14.6 Å². The number of fused-ring (bicyclic) bond motifs is 2. The number of benzene rings is 2. The molecule has 1 aliphatic rings. The molecule has 5 rings (SSSR count). The first-order chi connectivity index (χ1) is 14.1. The summed E-state index contributed by atoms with van der Waals surface area (Å²) in [6.45, 7) is 2.46. The monoisotopic (exact) mass is 386 g/mol. The standard InChI is InChI=1S/C22H18N4O3/c1-13-17-6-5-15(24-16-3-2-8-23-11-16)10-18(17)21(27)26(13)12-14-4-7-19-20(9-14)29-22(28)25-19/h2-11,13,24H,12H2,1H3,(H,25,28). The summed E-state index contributed by atoms with van der Waals surface area (Å²) in [5.74, 6) is -0.498. The Balaban J connectivity index is 1.41. The molecule has 1 aliphatic heterocycles. The third-order valence-electron chi connectivity index (χ3n) is 5.25. The zero-order chi connectivity index (χ0) is 20.0. The lowest BCUT2D eigenvalue weighted by Gasteiger charge is -2.22. The average molecular weight is 386 g/mol. The van der Waals surface area contributed by atoms with Crippen molar-refractivity contribution in [3.63, 3.8) is 0 Å². The second-order valence-corrected chi connectivity index (χ2v) is 7.12. The molecule has 0 radical (unpaired) electrons. The number of aromatic amines is 1. The Hall–Kier alpha value is -3.87. The zero-order valence-electron chi connectivity index (χ0n) is 15.7. The number of pyridine rings is 1. The van der Waals surface area contributed by atoms with Crippen molar-refractivity contribution in [3.05, 3.63) is 88.2 Å². The largest absolute Gasteiger partial charge is 0.417 e. The number of carbonyl (C=O) groups is 1. The average Bonchev–Trinajstić information content (AvgIpc) is 3.20. The van der Waals surface area contributed by atoms with Crippen molar-refractivity contribution < 1.29 is 9.21 Å². The van der Waals surface area contributed by atoms with Gasteiger partial charge in [-0.15, -0.1) is 0 Å². The Labute approximate surface area is 166 Å². The fraction of sp³-hybridized carbons (Fsp3) is 0.136. The van der Waals surface area contributed by atoms with Crippen LogP contribution in [0.15, 0.2) is 70.1 Å². The van der Waals surface area contributed by atoms with Crippen molar-refractivity contribution in [2.75, 3.05) is 5.32 Å². The molecule has 4 aromatic rings. The summed E-state index contributed by atoms with van der Waals surface area (Å²) in [7, 11) is 0. The van der Waals surface area contributed by atoms with E-state index in [9.17, 15) is 9.59 Å². The van der Waals surface area contributed by atoms with Gasteiger partial charge in [0.15, 0.2) is 5.58 Å². The normalized spacial score (nSPS) is 15.7. The van der Waals surface area contributed by atoms with E-state index in [1.165, 1.54) is 0 Å². The molecule has 0 saturated carbocycles. The Bertz CT molecular complexity index is 1280. The first-order valence-corrected chi connectivity index (χ1v) is 9.32. The maximum Gasteiger partial charge on any atom is 0.417 e. The van der Waals surface area contributed by atoms with E-state index in [1.54, 1.807) is 24.5 Å². The number of hydrogen-bond donors (Lipinski definition) is 2. The van der Waals surface area contributed by atoms with Crippen molar-refractivity contribution in [1.82, 2.24) is 14.9 Å². The first-order valence-electron chi connectivity index (χ1n) is 9.32. The third kappa shape index (κ3) is 3.06. The van der Waals surface area contributed by atoms with Gasteiger partial charge in [-0.1, -0.05) is 12.1 Å². The summed E-state index contributed by atoms with van der Waals surface area (Å²) < 4.78 is 5.13. The lowest BCUT2D eigenvalue weighted by Crippen LogP contribution is -2.26. The van der Waals surface area contributed by atoms with E-state index in [2.05, 4.69) is 15.3 Å². The number of rotatable bonds is 4. The van der Waals surface area contributed by atoms with E-state index in [1.807, 2.05) is 48.2 Å². The molecule has 0 fully saturated rings. The SMILES string of the molecule is CC1c2ccc(Nc3cccnc3)cc2C(=O)N1Cc1ccc2[nH]c(=O)oc2c1. The number of oxazole rings is 1. The van der Waals surface area contributed by atoms with Gasteiger partial charge in [-0.25, -0.2) is 4.79 Å². The predicted octanol–water partition coefficient (Wildman–Crippen LogP) is 3.98. The van der Waals surface area contributed by atoms with Crippen LogP contribution in [0.25, 0.3) is 11.1 Å². The van der Waals surface area contributed by atoms with Crippen LogP contribution in [0.1, 0.15) is 34.5 Å². The van der Waals surface area contributed by atoms with Crippen molar-refractivity contribution >= 4 is 28.4 Å². The predicted molar refractivity (Wildman–Crippen MR) is 109 cm³/mol. The molecule has 7 heteroatoms. The van der Waals surface area contributed by atoms with Gasteiger partial charge in [0.25, 0.3) is 5.91 Å². The second-order valence-electron chi connectivity index (χ2n) is 7.12. The van der Waals surface area contributed by atoms with Gasteiger partial charge in [-0.2, -0.15) is 0 Å². The molecule has 7 nitrogen and oxygen atoms in total. The minimum atomic E-state index is -0.483. The molecule has 2 aromatic carbocycles. The van der Waals surface area contributed by atoms with Gasteiger partial charge in [0.2, 0.25) is 0 Å². The Morgan fingerprint density at radius 3 is 2.86 bits per heavy atom. The van der Waals surface area contributed by atoms with Crippen molar-refractivity contribution in [3.8, 4) is 0 Å². The van der Waals surface area contributed by atoms with Gasteiger partial charge in [-0.05, 0) is 54.4 Å². The minimum absolute atomic E-state index is 0.0158. The molecule has 29 heavy (non-hydrogen) atoms. The number of H-pyrrole nitrogens is 1. The molecule has 2 N–H and O–H groups in total. The molecular weight excluding hydrogens is 368 g/mol. The highest BCUT2D eigenvalue weighted by atomic mass is 16.4. The number of nitrogens with zero attached hydrogens (tertiary/aromatic N) is 2. The van der Waals surface area contributed by atoms with E-state index in [4.69, 9.17) is 4.42 Å². The highest BCUT2D eigenvalue weighted by molar-refractivity contribution is 6.00. The number of anilines is 2. The van der Waals surface area contributed by atoms with Crippen molar-refractivity contribution in [2.45, 2.75) is 19.5 Å². The molecule has 1 unspecified atom stereocenters. The fourth-order valence-corrected chi connectivity index (χ4v) is 3.78. The van der Waals surface area contributed by atoms with Gasteiger partial charge in [0, 0.05) is 24.0 Å². The molecule has 0 saturated heterocycles. The number of amides is 1. The Morgan fingerprint density at radius 2 is 2.03 bits per heavy atom. The van der Waals surface area contributed by atoms with Crippen molar-refractivity contribution in [1.29, 1.82) is 0 Å². The van der Waals surface area contributed by atoms with E-state index in [0.29, 0.717) is 23.2 Å². The zero-order valence-corrected chi connectivity index (χ0v) is 15.7. The Morgan fingerprint density at radius 1 is 1.14 bits per heavy atom. The summed E-state index contributed by atoms with van der Waals surface area (Å²) in [6, 6.07) is 15.1. The van der Waals surface area contributed by atoms with Gasteiger partial charge >= 0.3 is 5.76 Å². The Kier molecular flexibility index (Phi) is 3.94. The highest BCUT2D eigenvalue weighted by Gasteiger charge is 2.34. The van der Waals surface area contributed by atoms with Crippen LogP contribution in [0.4, 0.5) is 11.4 Å². The number of aromatic nitrogens is 2. The van der Waals surface area contributed by atoms with Gasteiger partial charge in [-0.3, -0.25) is 14.8 Å². The van der Waals surface area contributed by atoms with Gasteiger partial charge in [0.05, 0.1) is 23.4 Å². The van der Waals surface area contributed by atoms with Crippen LogP contribution in [-0.4, -0.2) is 20.8 Å². The van der Waals surface area contributed by atoms with E-state index < -0.39 is 5.76 Å². The molecule has 2 aromatic heterocycles. The number of carbonyl (C=O) groups excluding carboxylic acids is 1.